The molecule has 20 heavy (non-hydrogen) atoms. The van der Waals surface area contributed by atoms with Gasteiger partial charge in [0.1, 0.15) is 5.82 Å². The standard InChI is InChI=1S/C14H12N4OS/c1-8(19)16-14-18-11-6-5-9(7-12(11)20-14)10-3-2-4-13(15)17-10/h2-7H,1H3,(H2,15,17)(H,16,18,19). The average Bonchev–Trinajstić information content (AvgIpc) is 2.78. The molecular weight excluding hydrogens is 272 g/mol. The van der Waals surface area contributed by atoms with Gasteiger partial charge in [-0.3, -0.25) is 4.79 Å². The topological polar surface area (TPSA) is 80.9 Å². The second kappa shape index (κ2) is 4.90. The van der Waals surface area contributed by atoms with Gasteiger partial charge in [0.2, 0.25) is 5.91 Å². The maximum atomic E-state index is 11.0. The van der Waals surface area contributed by atoms with Gasteiger partial charge in [-0.1, -0.05) is 23.5 Å². The molecule has 1 amide bonds. The van der Waals surface area contributed by atoms with Gasteiger partial charge in [-0.15, -0.1) is 0 Å². The van der Waals surface area contributed by atoms with Gasteiger partial charge in [0.15, 0.2) is 5.13 Å². The minimum Gasteiger partial charge on any atom is -0.384 e. The van der Waals surface area contributed by atoms with E-state index in [0.717, 1.165) is 21.5 Å². The Morgan fingerprint density at radius 2 is 2.10 bits per heavy atom. The molecule has 3 rings (SSSR count). The second-order valence-electron chi connectivity index (χ2n) is 4.33. The zero-order chi connectivity index (χ0) is 14.1. The predicted molar refractivity (Wildman–Crippen MR) is 81.6 cm³/mol. The molecule has 0 saturated carbocycles. The lowest BCUT2D eigenvalue weighted by molar-refractivity contribution is -0.114. The Morgan fingerprint density at radius 3 is 2.85 bits per heavy atom. The third kappa shape index (κ3) is 2.46. The van der Waals surface area contributed by atoms with E-state index in [1.807, 2.05) is 30.3 Å². The van der Waals surface area contributed by atoms with Crippen molar-refractivity contribution in [2.75, 3.05) is 11.1 Å². The molecule has 0 aliphatic carbocycles. The number of nitrogen functional groups attached to an aromatic ring is 1. The summed E-state index contributed by atoms with van der Waals surface area (Å²) in [5.74, 6) is 0.368. The Kier molecular flexibility index (Phi) is 3.08. The minimum absolute atomic E-state index is 0.123. The molecule has 3 N–H and O–H groups in total. The first kappa shape index (κ1) is 12.6. The van der Waals surface area contributed by atoms with Gasteiger partial charge in [0.25, 0.3) is 0 Å². The van der Waals surface area contributed by atoms with Gasteiger partial charge >= 0.3 is 0 Å². The Hall–Kier alpha value is -2.47. The number of benzene rings is 1. The van der Waals surface area contributed by atoms with Crippen molar-refractivity contribution in [2.45, 2.75) is 6.92 Å². The van der Waals surface area contributed by atoms with Crippen LogP contribution in [0.5, 0.6) is 0 Å². The Bertz CT molecular complexity index is 797. The number of rotatable bonds is 2. The van der Waals surface area contributed by atoms with Crippen LogP contribution in [0, 0.1) is 0 Å². The number of amides is 1. The number of carbonyl (C=O) groups excluding carboxylic acids is 1. The van der Waals surface area contributed by atoms with E-state index in [-0.39, 0.29) is 5.91 Å². The van der Waals surface area contributed by atoms with Crippen LogP contribution in [0.25, 0.3) is 21.5 Å². The molecule has 0 fully saturated rings. The molecule has 0 unspecified atom stereocenters. The molecule has 2 aromatic heterocycles. The van der Waals surface area contributed by atoms with E-state index < -0.39 is 0 Å². The highest BCUT2D eigenvalue weighted by Crippen LogP contribution is 2.30. The van der Waals surface area contributed by atoms with Crippen molar-refractivity contribution in [3.05, 3.63) is 36.4 Å². The summed E-state index contributed by atoms with van der Waals surface area (Å²) in [6, 6.07) is 11.4. The van der Waals surface area contributed by atoms with Gasteiger partial charge in [-0.05, 0) is 24.3 Å². The van der Waals surface area contributed by atoms with Gasteiger partial charge in [-0.2, -0.15) is 0 Å². The van der Waals surface area contributed by atoms with Crippen LogP contribution in [-0.4, -0.2) is 15.9 Å². The van der Waals surface area contributed by atoms with Crippen LogP contribution in [0.3, 0.4) is 0 Å². The highest BCUT2D eigenvalue weighted by Gasteiger charge is 2.07. The van der Waals surface area contributed by atoms with E-state index in [2.05, 4.69) is 15.3 Å². The van der Waals surface area contributed by atoms with Gasteiger partial charge in [0, 0.05) is 12.5 Å². The fourth-order valence-corrected chi connectivity index (χ4v) is 2.85. The molecule has 0 saturated heterocycles. The molecule has 0 atom stereocenters. The van der Waals surface area contributed by atoms with E-state index in [1.54, 1.807) is 6.07 Å². The number of nitrogens with zero attached hydrogens (tertiary/aromatic N) is 2. The molecule has 0 radical (unpaired) electrons. The SMILES string of the molecule is CC(=O)Nc1nc2ccc(-c3cccc(N)n3)cc2s1. The number of aromatic nitrogens is 2. The normalized spacial score (nSPS) is 10.7. The predicted octanol–water partition coefficient (Wildman–Crippen LogP) is 2.90. The number of nitrogens with one attached hydrogen (secondary N) is 1. The molecule has 0 aliphatic rings. The lowest BCUT2D eigenvalue weighted by Crippen LogP contribution is -2.04. The van der Waals surface area contributed by atoms with Crippen LogP contribution < -0.4 is 11.1 Å². The van der Waals surface area contributed by atoms with Crippen LogP contribution >= 0.6 is 11.3 Å². The van der Waals surface area contributed by atoms with Gasteiger partial charge in [0.05, 0.1) is 15.9 Å². The van der Waals surface area contributed by atoms with E-state index in [4.69, 9.17) is 5.73 Å². The summed E-state index contributed by atoms with van der Waals surface area (Å²) < 4.78 is 0.996. The number of anilines is 2. The lowest BCUT2D eigenvalue weighted by atomic mass is 10.1. The summed E-state index contributed by atoms with van der Waals surface area (Å²) >= 11 is 1.44. The van der Waals surface area contributed by atoms with Crippen molar-refractivity contribution in [2.24, 2.45) is 0 Å². The first-order valence-corrected chi connectivity index (χ1v) is 6.84. The van der Waals surface area contributed by atoms with Crippen molar-refractivity contribution in [1.82, 2.24) is 9.97 Å². The van der Waals surface area contributed by atoms with E-state index in [0.29, 0.717) is 10.9 Å². The summed E-state index contributed by atoms with van der Waals surface area (Å²) in [6.45, 7) is 1.47. The van der Waals surface area contributed by atoms with Crippen molar-refractivity contribution in [1.29, 1.82) is 0 Å². The number of fused-ring (bicyclic) bond motifs is 1. The fourth-order valence-electron chi connectivity index (χ4n) is 1.90. The molecule has 3 aromatic rings. The number of pyridine rings is 1. The first-order chi connectivity index (χ1) is 9.61. The monoisotopic (exact) mass is 284 g/mol. The minimum atomic E-state index is -0.123. The Morgan fingerprint density at radius 1 is 1.25 bits per heavy atom. The van der Waals surface area contributed by atoms with Crippen LogP contribution in [-0.2, 0) is 4.79 Å². The highest BCUT2D eigenvalue weighted by molar-refractivity contribution is 7.22. The van der Waals surface area contributed by atoms with Gasteiger partial charge < -0.3 is 11.1 Å². The molecule has 0 bridgehead atoms. The maximum absolute atomic E-state index is 11.0. The van der Waals surface area contributed by atoms with E-state index in [9.17, 15) is 4.79 Å². The summed E-state index contributed by atoms with van der Waals surface area (Å²) in [6.07, 6.45) is 0. The number of nitrogens with two attached hydrogens (primary N) is 1. The molecule has 6 heteroatoms. The number of hydrogen-bond acceptors (Lipinski definition) is 5. The first-order valence-electron chi connectivity index (χ1n) is 6.03. The number of carbonyl (C=O) groups is 1. The Labute approximate surface area is 119 Å². The maximum Gasteiger partial charge on any atom is 0.223 e. The summed E-state index contributed by atoms with van der Waals surface area (Å²) in [4.78, 5) is 19.7. The Balaban J connectivity index is 2.04. The zero-order valence-electron chi connectivity index (χ0n) is 10.8. The molecule has 5 nitrogen and oxygen atoms in total. The molecular formula is C14H12N4OS. The number of thiazole rings is 1. The smallest absolute Gasteiger partial charge is 0.223 e. The zero-order valence-corrected chi connectivity index (χ0v) is 11.6. The molecule has 0 aliphatic heterocycles. The van der Waals surface area contributed by atoms with Gasteiger partial charge in [-0.25, -0.2) is 9.97 Å². The van der Waals surface area contributed by atoms with E-state index in [1.165, 1.54) is 18.3 Å². The van der Waals surface area contributed by atoms with Crippen LogP contribution in [0.2, 0.25) is 0 Å². The summed E-state index contributed by atoms with van der Waals surface area (Å²) in [7, 11) is 0. The van der Waals surface area contributed by atoms with E-state index >= 15 is 0 Å². The van der Waals surface area contributed by atoms with Crippen LogP contribution in [0.4, 0.5) is 10.9 Å². The quantitative estimate of drug-likeness (QED) is 0.758. The lowest BCUT2D eigenvalue weighted by Gasteiger charge is -2.01. The largest absolute Gasteiger partial charge is 0.384 e. The molecule has 100 valence electrons. The molecule has 2 heterocycles. The molecule has 1 aromatic carbocycles. The third-order valence-electron chi connectivity index (χ3n) is 2.74. The average molecular weight is 284 g/mol. The van der Waals surface area contributed by atoms with Crippen LogP contribution in [0.15, 0.2) is 36.4 Å². The number of hydrogen-bond donors (Lipinski definition) is 2. The third-order valence-corrected chi connectivity index (χ3v) is 3.67. The van der Waals surface area contributed by atoms with Crippen LogP contribution in [0.1, 0.15) is 6.92 Å². The van der Waals surface area contributed by atoms with Crippen molar-refractivity contribution in [3.63, 3.8) is 0 Å². The fraction of sp³-hybridized carbons (Fsp3) is 0.0714. The summed E-state index contributed by atoms with van der Waals surface area (Å²) in [5, 5.41) is 3.30. The molecule has 0 spiro atoms. The second-order valence-corrected chi connectivity index (χ2v) is 5.36. The summed E-state index contributed by atoms with van der Waals surface area (Å²) in [5.41, 5.74) is 8.35. The van der Waals surface area contributed by atoms with Crippen molar-refractivity contribution < 1.29 is 4.79 Å². The van der Waals surface area contributed by atoms with Crippen molar-refractivity contribution >= 4 is 38.4 Å². The van der Waals surface area contributed by atoms with Crippen molar-refractivity contribution in [3.8, 4) is 11.3 Å². The highest BCUT2D eigenvalue weighted by atomic mass is 32.1.